The van der Waals surface area contributed by atoms with Crippen LogP contribution >= 0.6 is 0 Å². The summed E-state index contributed by atoms with van der Waals surface area (Å²) in [6.07, 6.45) is -0.464. The molecule has 0 radical (unpaired) electrons. The fourth-order valence-electron chi connectivity index (χ4n) is 1.32. The molecule has 0 saturated heterocycles. The maximum atomic E-state index is 11.7. The number of methoxy groups -OCH3 is 2. The lowest BCUT2D eigenvalue weighted by atomic mass is 10.3. The normalized spacial score (nSPS) is 10.8. The Kier molecular flexibility index (Phi) is 4.99. The smallest absolute Gasteiger partial charge is 0.304 e. The number of carboxylic acids is 1. The summed E-state index contributed by atoms with van der Waals surface area (Å²) in [6, 6.07) is 4.57. The van der Waals surface area contributed by atoms with E-state index in [9.17, 15) is 13.2 Å². The van der Waals surface area contributed by atoms with E-state index in [0.29, 0.717) is 11.5 Å². The minimum Gasteiger partial charge on any atom is -0.497 e. The molecule has 1 aromatic carbocycles. The molecule has 19 heavy (non-hydrogen) atoms. The van der Waals surface area contributed by atoms with Gasteiger partial charge in [0.05, 0.1) is 32.1 Å². The third-order valence-corrected chi connectivity index (χ3v) is 3.53. The van der Waals surface area contributed by atoms with Gasteiger partial charge in [0.2, 0.25) is 10.0 Å². The van der Waals surface area contributed by atoms with Gasteiger partial charge in [-0.15, -0.1) is 0 Å². The van der Waals surface area contributed by atoms with Crippen LogP contribution in [0.2, 0.25) is 0 Å². The lowest BCUT2D eigenvalue weighted by Crippen LogP contribution is -2.19. The predicted molar refractivity (Wildman–Crippen MR) is 69.2 cm³/mol. The zero-order chi connectivity index (χ0) is 14.5. The molecular formula is C11H15NO6S. The molecule has 8 heteroatoms. The van der Waals surface area contributed by atoms with Crippen molar-refractivity contribution in [2.45, 2.75) is 6.42 Å². The van der Waals surface area contributed by atoms with Crippen molar-refractivity contribution < 1.29 is 27.8 Å². The molecule has 0 aliphatic carbocycles. The van der Waals surface area contributed by atoms with Gasteiger partial charge in [-0.2, -0.15) is 0 Å². The van der Waals surface area contributed by atoms with Crippen molar-refractivity contribution in [1.82, 2.24) is 0 Å². The third kappa shape index (κ3) is 4.66. The number of nitrogens with one attached hydrogen (secondary N) is 1. The molecule has 0 heterocycles. The van der Waals surface area contributed by atoms with Gasteiger partial charge in [-0.3, -0.25) is 9.52 Å². The molecule has 0 amide bonds. The maximum absolute atomic E-state index is 11.7. The predicted octanol–water partition coefficient (Wildman–Crippen LogP) is 0.920. The van der Waals surface area contributed by atoms with Gasteiger partial charge in [-0.25, -0.2) is 8.42 Å². The molecule has 0 fully saturated rings. The zero-order valence-electron chi connectivity index (χ0n) is 10.5. The van der Waals surface area contributed by atoms with E-state index >= 15 is 0 Å². The van der Waals surface area contributed by atoms with Crippen molar-refractivity contribution in [3.63, 3.8) is 0 Å². The average molecular weight is 289 g/mol. The van der Waals surface area contributed by atoms with E-state index in [4.69, 9.17) is 14.6 Å². The van der Waals surface area contributed by atoms with Crippen LogP contribution in [0, 0.1) is 0 Å². The summed E-state index contributed by atoms with van der Waals surface area (Å²) in [7, 11) is -0.863. The van der Waals surface area contributed by atoms with Crippen LogP contribution in [-0.2, 0) is 14.8 Å². The Balaban J connectivity index is 2.89. The van der Waals surface area contributed by atoms with E-state index in [1.165, 1.54) is 26.4 Å². The largest absolute Gasteiger partial charge is 0.497 e. The summed E-state index contributed by atoms with van der Waals surface area (Å²) in [4.78, 5) is 10.4. The average Bonchev–Trinajstić information content (AvgIpc) is 2.36. The molecule has 0 atom stereocenters. The molecule has 7 nitrogen and oxygen atoms in total. The van der Waals surface area contributed by atoms with Crippen LogP contribution in [-0.4, -0.2) is 39.5 Å². The number of ether oxygens (including phenoxy) is 2. The quantitative estimate of drug-likeness (QED) is 0.774. The van der Waals surface area contributed by atoms with Gasteiger partial charge in [-0.05, 0) is 12.1 Å². The van der Waals surface area contributed by atoms with E-state index in [-0.39, 0.29) is 5.69 Å². The number of benzene rings is 1. The van der Waals surface area contributed by atoms with Crippen LogP contribution in [0.5, 0.6) is 11.5 Å². The Morgan fingerprint density at radius 1 is 1.32 bits per heavy atom. The minimum atomic E-state index is -3.73. The van der Waals surface area contributed by atoms with Crippen LogP contribution in [0.3, 0.4) is 0 Å². The summed E-state index contributed by atoms with van der Waals surface area (Å²) in [5.74, 6) is -0.868. The molecule has 106 valence electrons. The molecule has 0 spiro atoms. The minimum absolute atomic E-state index is 0.230. The number of carbonyl (C=O) groups is 1. The monoisotopic (exact) mass is 289 g/mol. The summed E-state index contributed by atoms with van der Waals surface area (Å²) in [5, 5.41) is 8.48. The Morgan fingerprint density at radius 3 is 2.53 bits per heavy atom. The highest BCUT2D eigenvalue weighted by molar-refractivity contribution is 7.92. The topological polar surface area (TPSA) is 102 Å². The Bertz CT molecular complexity index is 554. The number of hydrogen-bond acceptors (Lipinski definition) is 5. The number of rotatable bonds is 7. The second-order valence-electron chi connectivity index (χ2n) is 3.63. The molecule has 2 N–H and O–H groups in total. The van der Waals surface area contributed by atoms with E-state index in [2.05, 4.69) is 4.72 Å². The second-order valence-corrected chi connectivity index (χ2v) is 5.47. The second kappa shape index (κ2) is 6.28. The van der Waals surface area contributed by atoms with Crippen molar-refractivity contribution >= 4 is 21.7 Å². The molecule has 0 bridgehead atoms. The van der Waals surface area contributed by atoms with Crippen molar-refractivity contribution in [2.24, 2.45) is 0 Å². The first kappa shape index (κ1) is 15.1. The Morgan fingerprint density at radius 2 is 2.00 bits per heavy atom. The number of carboxylic acid groups (broad SMARTS) is 1. The first-order valence-electron chi connectivity index (χ1n) is 5.32. The number of sulfonamides is 1. The third-order valence-electron chi connectivity index (χ3n) is 2.26. The van der Waals surface area contributed by atoms with Crippen LogP contribution in [0.1, 0.15) is 6.42 Å². The molecule has 0 aromatic heterocycles. The molecular weight excluding hydrogens is 274 g/mol. The first-order valence-corrected chi connectivity index (χ1v) is 6.97. The summed E-state index contributed by atoms with van der Waals surface area (Å²) < 4.78 is 35.6. The molecule has 1 aromatic rings. The fourth-order valence-corrected chi connectivity index (χ4v) is 2.37. The van der Waals surface area contributed by atoms with E-state index < -0.39 is 28.2 Å². The SMILES string of the molecule is COc1ccc(NS(=O)(=O)CCC(=O)O)c(OC)c1. The summed E-state index contributed by atoms with van der Waals surface area (Å²) in [5.41, 5.74) is 0.230. The van der Waals surface area contributed by atoms with Crippen LogP contribution in [0.4, 0.5) is 5.69 Å². The fraction of sp³-hybridized carbons (Fsp3) is 0.364. The molecule has 1 rings (SSSR count). The van der Waals surface area contributed by atoms with Crippen molar-refractivity contribution in [3.8, 4) is 11.5 Å². The summed E-state index contributed by atoms with van der Waals surface area (Å²) >= 11 is 0. The highest BCUT2D eigenvalue weighted by atomic mass is 32.2. The first-order chi connectivity index (χ1) is 8.88. The number of anilines is 1. The van der Waals surface area contributed by atoms with Crippen LogP contribution in [0.15, 0.2) is 18.2 Å². The van der Waals surface area contributed by atoms with Gasteiger partial charge in [0.1, 0.15) is 11.5 Å². The number of hydrogen-bond donors (Lipinski definition) is 2. The summed E-state index contributed by atoms with van der Waals surface area (Å²) in [6.45, 7) is 0. The highest BCUT2D eigenvalue weighted by Crippen LogP contribution is 2.29. The Labute approximate surface area is 111 Å². The van der Waals surface area contributed by atoms with Gasteiger partial charge in [0.15, 0.2) is 0 Å². The van der Waals surface area contributed by atoms with Gasteiger partial charge >= 0.3 is 5.97 Å². The van der Waals surface area contributed by atoms with Gasteiger partial charge in [0.25, 0.3) is 0 Å². The van der Waals surface area contributed by atoms with E-state index in [1.54, 1.807) is 6.07 Å². The van der Waals surface area contributed by atoms with Crippen LogP contribution < -0.4 is 14.2 Å². The van der Waals surface area contributed by atoms with Crippen molar-refractivity contribution in [1.29, 1.82) is 0 Å². The lowest BCUT2D eigenvalue weighted by Gasteiger charge is -2.12. The van der Waals surface area contributed by atoms with Crippen molar-refractivity contribution in [2.75, 3.05) is 24.7 Å². The molecule has 0 aliphatic heterocycles. The lowest BCUT2D eigenvalue weighted by molar-refractivity contribution is -0.136. The molecule has 0 unspecified atom stereocenters. The molecule has 0 aliphatic rings. The zero-order valence-corrected chi connectivity index (χ0v) is 11.4. The van der Waals surface area contributed by atoms with Crippen LogP contribution in [0.25, 0.3) is 0 Å². The van der Waals surface area contributed by atoms with Gasteiger partial charge < -0.3 is 14.6 Å². The van der Waals surface area contributed by atoms with Crippen molar-refractivity contribution in [3.05, 3.63) is 18.2 Å². The van der Waals surface area contributed by atoms with Gasteiger partial charge in [0, 0.05) is 6.07 Å². The maximum Gasteiger partial charge on any atom is 0.304 e. The van der Waals surface area contributed by atoms with E-state index in [1.807, 2.05) is 0 Å². The Hall–Kier alpha value is -1.96. The van der Waals surface area contributed by atoms with Gasteiger partial charge in [-0.1, -0.05) is 0 Å². The standard InChI is InChI=1S/C11H15NO6S/c1-17-8-3-4-9(10(7-8)18-2)12-19(15,16)6-5-11(13)14/h3-4,7,12H,5-6H2,1-2H3,(H,13,14). The molecule has 0 saturated carbocycles. The van der Waals surface area contributed by atoms with E-state index in [0.717, 1.165) is 0 Å². The highest BCUT2D eigenvalue weighted by Gasteiger charge is 2.15. The number of aliphatic carboxylic acids is 1.